The zero-order valence-electron chi connectivity index (χ0n) is 17.5. The van der Waals surface area contributed by atoms with Gasteiger partial charge in [-0.2, -0.15) is 9.78 Å². The molecule has 3 aromatic rings. The van der Waals surface area contributed by atoms with Gasteiger partial charge in [-0.25, -0.2) is 0 Å². The molecule has 0 aliphatic carbocycles. The molecule has 1 aromatic heterocycles. The minimum Gasteiger partial charge on any atom is -0.492 e. The summed E-state index contributed by atoms with van der Waals surface area (Å²) in [5.74, 6) is 0.813. The summed E-state index contributed by atoms with van der Waals surface area (Å²) in [6.07, 6.45) is 2.32. The molecule has 164 valence electrons. The third-order valence-electron chi connectivity index (χ3n) is 6.06. The molecule has 0 bridgehead atoms. The van der Waals surface area contributed by atoms with E-state index in [-0.39, 0.29) is 22.4 Å². The second-order valence-electron chi connectivity index (χ2n) is 8.03. The topological polar surface area (TPSA) is 67.7 Å². The number of amides is 1. The Morgan fingerprint density at radius 3 is 2.50 bits per heavy atom. The maximum absolute atomic E-state index is 13.1. The number of ether oxygens (including phenoxy) is 1. The summed E-state index contributed by atoms with van der Waals surface area (Å²) in [5.41, 5.74) is 1.99. The number of nitrogens with zero attached hydrogens (tertiary/aromatic N) is 4. The molecule has 1 fully saturated rings. The molecule has 0 N–H and O–H groups in total. The molecule has 1 atom stereocenters. The number of fused-ring (bicyclic) bond motifs is 1. The van der Waals surface area contributed by atoms with Crippen molar-refractivity contribution < 1.29 is 9.53 Å². The van der Waals surface area contributed by atoms with E-state index in [4.69, 9.17) is 16.3 Å². The molecule has 2 aliphatic rings. The van der Waals surface area contributed by atoms with Crippen molar-refractivity contribution >= 4 is 23.2 Å². The average molecular weight is 451 g/mol. The number of anilines is 1. The fraction of sp³-hybridized carbons (Fsp3) is 0.292. The normalized spacial score (nSPS) is 18.1. The molecular formula is C24H23ClN4O3. The highest BCUT2D eigenvalue weighted by Gasteiger charge is 2.32. The van der Waals surface area contributed by atoms with Crippen LogP contribution in [0.15, 0.2) is 65.6 Å². The van der Waals surface area contributed by atoms with Gasteiger partial charge in [0.05, 0.1) is 23.5 Å². The number of benzene rings is 2. The Bertz CT molecular complexity index is 1190. The van der Waals surface area contributed by atoms with Crippen LogP contribution in [0, 0.1) is 5.92 Å². The van der Waals surface area contributed by atoms with E-state index in [0.717, 1.165) is 11.3 Å². The molecule has 1 amide bonds. The maximum Gasteiger partial charge on any atom is 0.292 e. The van der Waals surface area contributed by atoms with Gasteiger partial charge in [-0.3, -0.25) is 9.59 Å². The minimum absolute atomic E-state index is 0.114. The number of hydrogen-bond donors (Lipinski definition) is 0. The van der Waals surface area contributed by atoms with Crippen LogP contribution < -0.4 is 15.2 Å². The number of carbonyl (C=O) groups is 1. The molecular weight excluding hydrogens is 428 g/mol. The number of aromatic nitrogens is 2. The Morgan fingerprint density at radius 2 is 1.72 bits per heavy atom. The van der Waals surface area contributed by atoms with E-state index in [1.165, 1.54) is 4.68 Å². The quantitative estimate of drug-likeness (QED) is 0.613. The van der Waals surface area contributed by atoms with Gasteiger partial charge in [0.1, 0.15) is 17.4 Å². The van der Waals surface area contributed by atoms with E-state index < -0.39 is 0 Å². The van der Waals surface area contributed by atoms with E-state index >= 15 is 0 Å². The highest BCUT2D eigenvalue weighted by atomic mass is 35.5. The Morgan fingerprint density at radius 1 is 1.00 bits per heavy atom. The zero-order chi connectivity index (χ0) is 22.1. The van der Waals surface area contributed by atoms with Crippen LogP contribution in [0.4, 0.5) is 5.69 Å². The first-order valence-electron chi connectivity index (χ1n) is 10.7. The Balaban J connectivity index is 1.26. The predicted octanol–water partition coefficient (Wildman–Crippen LogP) is 2.79. The Hall–Kier alpha value is -3.32. The number of piperazine rings is 1. The van der Waals surface area contributed by atoms with Gasteiger partial charge in [0, 0.05) is 26.2 Å². The number of carbonyl (C=O) groups excluding carboxylic acids is 1. The minimum atomic E-state index is -0.355. The van der Waals surface area contributed by atoms with Crippen LogP contribution in [0.5, 0.6) is 5.75 Å². The largest absolute Gasteiger partial charge is 0.492 e. The van der Waals surface area contributed by atoms with Crippen LogP contribution in [0.25, 0.3) is 5.69 Å². The molecule has 0 saturated carbocycles. The fourth-order valence-electron chi connectivity index (χ4n) is 4.31. The Labute approximate surface area is 190 Å². The van der Waals surface area contributed by atoms with Crippen molar-refractivity contribution in [1.29, 1.82) is 0 Å². The monoisotopic (exact) mass is 450 g/mol. The molecule has 0 spiro atoms. The SMILES string of the molecule is O=C(C1COc2ccccc2C1)N1CCN(c2cnn(-c3ccccc3)c(=O)c2Cl)CC1. The van der Waals surface area contributed by atoms with Gasteiger partial charge in [0.15, 0.2) is 0 Å². The second kappa shape index (κ2) is 8.67. The van der Waals surface area contributed by atoms with Gasteiger partial charge in [0.25, 0.3) is 5.56 Å². The lowest BCUT2D eigenvalue weighted by molar-refractivity contribution is -0.137. The maximum atomic E-state index is 13.1. The van der Waals surface area contributed by atoms with Gasteiger partial charge in [-0.15, -0.1) is 0 Å². The molecule has 1 saturated heterocycles. The molecule has 2 aliphatic heterocycles. The van der Waals surface area contributed by atoms with Crippen LogP contribution >= 0.6 is 11.6 Å². The highest BCUT2D eigenvalue weighted by Crippen LogP contribution is 2.28. The first-order chi connectivity index (χ1) is 15.6. The summed E-state index contributed by atoms with van der Waals surface area (Å²) in [7, 11) is 0. The lowest BCUT2D eigenvalue weighted by Crippen LogP contribution is -2.52. The third kappa shape index (κ3) is 3.84. The zero-order valence-corrected chi connectivity index (χ0v) is 18.2. The predicted molar refractivity (Wildman–Crippen MR) is 123 cm³/mol. The van der Waals surface area contributed by atoms with Gasteiger partial charge >= 0.3 is 0 Å². The second-order valence-corrected chi connectivity index (χ2v) is 8.41. The van der Waals surface area contributed by atoms with E-state index in [1.54, 1.807) is 6.20 Å². The van der Waals surface area contributed by atoms with Crippen molar-refractivity contribution in [2.45, 2.75) is 6.42 Å². The summed E-state index contributed by atoms with van der Waals surface area (Å²) in [4.78, 5) is 29.7. The first kappa shape index (κ1) is 20.6. The summed E-state index contributed by atoms with van der Waals surface area (Å²) >= 11 is 6.44. The van der Waals surface area contributed by atoms with Crippen LogP contribution in [0.1, 0.15) is 5.56 Å². The molecule has 5 rings (SSSR count). The van der Waals surface area contributed by atoms with Crippen LogP contribution in [-0.2, 0) is 11.2 Å². The molecule has 2 aromatic carbocycles. The molecule has 1 unspecified atom stereocenters. The Kier molecular flexibility index (Phi) is 5.57. The van der Waals surface area contributed by atoms with Gasteiger partial charge in [0.2, 0.25) is 5.91 Å². The summed E-state index contributed by atoms with van der Waals surface area (Å²) in [5, 5.41) is 4.45. The summed E-state index contributed by atoms with van der Waals surface area (Å²) in [6, 6.07) is 17.1. The number of hydrogen-bond acceptors (Lipinski definition) is 5. The molecule has 32 heavy (non-hydrogen) atoms. The fourth-order valence-corrected chi connectivity index (χ4v) is 4.56. The van der Waals surface area contributed by atoms with E-state index in [0.29, 0.717) is 50.6 Å². The number of para-hydroxylation sites is 2. The average Bonchev–Trinajstić information content (AvgIpc) is 2.85. The van der Waals surface area contributed by atoms with Gasteiger partial charge in [-0.05, 0) is 30.2 Å². The van der Waals surface area contributed by atoms with Crippen molar-refractivity contribution in [2.75, 3.05) is 37.7 Å². The lowest BCUT2D eigenvalue weighted by Gasteiger charge is -2.38. The van der Waals surface area contributed by atoms with Crippen molar-refractivity contribution in [3.8, 4) is 11.4 Å². The van der Waals surface area contributed by atoms with Crippen molar-refractivity contribution in [1.82, 2.24) is 14.7 Å². The van der Waals surface area contributed by atoms with Gasteiger partial charge in [-0.1, -0.05) is 48.0 Å². The first-order valence-corrected chi connectivity index (χ1v) is 11.1. The standard InChI is InChI=1S/C24H23ClN4O3/c25-22-20(15-26-29(24(22)31)19-7-2-1-3-8-19)27-10-12-28(13-11-27)23(30)18-14-17-6-4-5-9-21(17)32-16-18/h1-9,15,18H,10-14,16H2. The third-order valence-corrected chi connectivity index (χ3v) is 6.42. The van der Waals surface area contributed by atoms with Gasteiger partial charge < -0.3 is 14.5 Å². The molecule has 8 heteroatoms. The molecule has 3 heterocycles. The summed E-state index contributed by atoms with van der Waals surface area (Å²) in [6.45, 7) is 2.71. The van der Waals surface area contributed by atoms with E-state index in [9.17, 15) is 9.59 Å². The van der Waals surface area contributed by atoms with Crippen molar-refractivity contribution in [3.05, 3.63) is 81.7 Å². The molecule has 7 nitrogen and oxygen atoms in total. The van der Waals surface area contributed by atoms with E-state index in [1.807, 2.05) is 64.4 Å². The number of halogens is 1. The van der Waals surface area contributed by atoms with Crippen LogP contribution in [-0.4, -0.2) is 53.4 Å². The van der Waals surface area contributed by atoms with Crippen molar-refractivity contribution in [3.63, 3.8) is 0 Å². The highest BCUT2D eigenvalue weighted by molar-refractivity contribution is 6.33. The van der Waals surface area contributed by atoms with Crippen molar-refractivity contribution in [2.24, 2.45) is 5.92 Å². The smallest absolute Gasteiger partial charge is 0.292 e. The van der Waals surface area contributed by atoms with Crippen LogP contribution in [0.3, 0.4) is 0 Å². The lowest BCUT2D eigenvalue weighted by atomic mass is 9.95. The van der Waals surface area contributed by atoms with E-state index in [2.05, 4.69) is 5.10 Å². The van der Waals surface area contributed by atoms with Crippen LogP contribution in [0.2, 0.25) is 5.02 Å². The summed E-state index contributed by atoms with van der Waals surface area (Å²) < 4.78 is 7.09. The molecule has 0 radical (unpaired) electrons. The number of rotatable bonds is 3.